The van der Waals surface area contributed by atoms with Gasteiger partial charge in [0.15, 0.2) is 0 Å². The van der Waals surface area contributed by atoms with Crippen LogP contribution in [-0.4, -0.2) is 53.5 Å². The Bertz CT molecular complexity index is 380. The minimum Gasteiger partial charge on any atom is -0.313 e. The average molecular weight is 276 g/mol. The Balaban J connectivity index is 1.79. The molecule has 1 saturated heterocycles. The van der Waals surface area contributed by atoms with Crippen LogP contribution in [0.3, 0.4) is 0 Å². The van der Waals surface area contributed by atoms with Crippen molar-refractivity contribution in [2.24, 2.45) is 0 Å². The van der Waals surface area contributed by atoms with Gasteiger partial charge in [-0.15, -0.1) is 0 Å². The average Bonchev–Trinajstić information content (AvgIpc) is 2.47. The molecule has 0 unspecified atom stereocenters. The van der Waals surface area contributed by atoms with E-state index >= 15 is 0 Å². The molecular weight excluding hydrogens is 248 g/mol. The summed E-state index contributed by atoms with van der Waals surface area (Å²) in [6.07, 6.45) is 2.00. The van der Waals surface area contributed by atoms with Crippen LogP contribution in [0.2, 0.25) is 0 Å². The number of rotatable bonds is 6. The predicted molar refractivity (Wildman–Crippen MR) is 83.6 cm³/mol. The molecular formula is C16H28N4. The molecule has 1 aromatic heterocycles. The van der Waals surface area contributed by atoms with Crippen LogP contribution >= 0.6 is 0 Å². The molecule has 0 amide bonds. The number of piperazine rings is 1. The zero-order valence-electron chi connectivity index (χ0n) is 13.1. The fraction of sp³-hybridized carbons (Fsp3) is 0.688. The quantitative estimate of drug-likeness (QED) is 0.857. The number of pyridine rings is 1. The summed E-state index contributed by atoms with van der Waals surface area (Å²) in [6, 6.07) is 5.03. The number of hydrogen-bond donors (Lipinski definition) is 1. The van der Waals surface area contributed by atoms with Crippen LogP contribution in [0.4, 0.5) is 0 Å². The molecule has 0 spiro atoms. The molecule has 1 N–H and O–H groups in total. The normalized spacial score (nSPS) is 17.8. The van der Waals surface area contributed by atoms with Crippen molar-refractivity contribution in [3.05, 3.63) is 29.6 Å². The first-order valence-electron chi connectivity index (χ1n) is 7.80. The summed E-state index contributed by atoms with van der Waals surface area (Å²) in [4.78, 5) is 9.63. The van der Waals surface area contributed by atoms with E-state index < -0.39 is 0 Å². The van der Waals surface area contributed by atoms with Crippen LogP contribution in [-0.2, 0) is 13.1 Å². The van der Waals surface area contributed by atoms with E-state index in [-0.39, 0.29) is 0 Å². The lowest BCUT2D eigenvalue weighted by atomic mass is 10.2. The summed E-state index contributed by atoms with van der Waals surface area (Å²) >= 11 is 0. The van der Waals surface area contributed by atoms with Crippen LogP contribution < -0.4 is 5.32 Å². The Hall–Kier alpha value is -0.970. The van der Waals surface area contributed by atoms with Crippen molar-refractivity contribution < 1.29 is 0 Å². The van der Waals surface area contributed by atoms with Crippen LogP contribution in [0, 0.1) is 0 Å². The third-order valence-corrected chi connectivity index (χ3v) is 3.99. The van der Waals surface area contributed by atoms with Gasteiger partial charge in [0.25, 0.3) is 0 Å². The molecule has 0 saturated carbocycles. The van der Waals surface area contributed by atoms with Gasteiger partial charge in [0.1, 0.15) is 0 Å². The Morgan fingerprint density at radius 2 is 1.95 bits per heavy atom. The summed E-state index contributed by atoms with van der Waals surface area (Å²) in [7, 11) is 0. The first kappa shape index (κ1) is 15.4. The number of hydrogen-bond acceptors (Lipinski definition) is 4. The number of aromatic nitrogens is 1. The molecule has 1 aromatic rings. The van der Waals surface area contributed by atoms with Gasteiger partial charge in [-0.1, -0.05) is 13.0 Å². The lowest BCUT2D eigenvalue weighted by molar-refractivity contribution is 0.103. The van der Waals surface area contributed by atoms with Crippen LogP contribution in [0.5, 0.6) is 0 Å². The summed E-state index contributed by atoms with van der Waals surface area (Å²) in [6.45, 7) is 14.2. The molecule has 4 nitrogen and oxygen atoms in total. The van der Waals surface area contributed by atoms with Crippen molar-refractivity contribution in [3.63, 3.8) is 0 Å². The van der Waals surface area contributed by atoms with E-state index in [1.807, 2.05) is 6.20 Å². The van der Waals surface area contributed by atoms with Gasteiger partial charge < -0.3 is 5.32 Å². The Labute approximate surface area is 123 Å². The Morgan fingerprint density at radius 1 is 1.20 bits per heavy atom. The zero-order valence-corrected chi connectivity index (χ0v) is 13.1. The molecule has 0 aromatic carbocycles. The fourth-order valence-corrected chi connectivity index (χ4v) is 2.59. The van der Waals surface area contributed by atoms with Crippen molar-refractivity contribution in [1.82, 2.24) is 20.1 Å². The molecule has 4 heteroatoms. The summed E-state index contributed by atoms with van der Waals surface area (Å²) in [5.74, 6) is 0. The zero-order chi connectivity index (χ0) is 14.4. The molecule has 1 aliphatic heterocycles. The summed E-state index contributed by atoms with van der Waals surface area (Å²) in [5.41, 5.74) is 2.45. The van der Waals surface area contributed by atoms with E-state index in [9.17, 15) is 0 Å². The van der Waals surface area contributed by atoms with Gasteiger partial charge in [0.05, 0.1) is 5.69 Å². The third-order valence-electron chi connectivity index (χ3n) is 3.99. The van der Waals surface area contributed by atoms with Crippen LogP contribution in [0.15, 0.2) is 18.3 Å². The van der Waals surface area contributed by atoms with Crippen LogP contribution in [0.25, 0.3) is 0 Å². The van der Waals surface area contributed by atoms with Gasteiger partial charge in [-0.05, 0) is 32.0 Å². The Morgan fingerprint density at radius 3 is 2.50 bits per heavy atom. The highest BCUT2D eigenvalue weighted by Gasteiger charge is 2.18. The molecule has 0 aliphatic carbocycles. The SMILES string of the molecule is CCNCc1ccc(CN2CCN(C(C)C)CC2)nc1. The standard InChI is InChI=1S/C16H28N4/c1-4-17-11-15-5-6-16(18-12-15)13-19-7-9-20(10-8-19)14(2)3/h5-6,12,14,17H,4,7-11,13H2,1-3H3. The van der Waals surface area contributed by atoms with Crippen molar-refractivity contribution in [1.29, 1.82) is 0 Å². The van der Waals surface area contributed by atoms with Crippen molar-refractivity contribution in [3.8, 4) is 0 Å². The van der Waals surface area contributed by atoms with E-state index in [0.29, 0.717) is 6.04 Å². The molecule has 20 heavy (non-hydrogen) atoms. The number of nitrogens with one attached hydrogen (secondary N) is 1. The molecule has 0 radical (unpaired) electrons. The molecule has 2 rings (SSSR count). The molecule has 112 valence electrons. The van der Waals surface area contributed by atoms with E-state index in [2.05, 4.69) is 53.0 Å². The van der Waals surface area contributed by atoms with Gasteiger partial charge in [-0.3, -0.25) is 14.8 Å². The maximum absolute atomic E-state index is 4.58. The predicted octanol–water partition coefficient (Wildman–Crippen LogP) is 1.72. The maximum Gasteiger partial charge on any atom is 0.0544 e. The third kappa shape index (κ3) is 4.54. The minimum atomic E-state index is 0.667. The van der Waals surface area contributed by atoms with Gasteiger partial charge in [-0.2, -0.15) is 0 Å². The maximum atomic E-state index is 4.58. The van der Waals surface area contributed by atoms with Crippen LogP contribution in [0.1, 0.15) is 32.0 Å². The molecule has 1 fully saturated rings. The smallest absolute Gasteiger partial charge is 0.0544 e. The van der Waals surface area contributed by atoms with E-state index in [0.717, 1.165) is 32.7 Å². The number of nitrogens with zero attached hydrogens (tertiary/aromatic N) is 3. The largest absolute Gasteiger partial charge is 0.313 e. The highest BCUT2D eigenvalue weighted by atomic mass is 15.3. The van der Waals surface area contributed by atoms with Gasteiger partial charge >= 0.3 is 0 Å². The lowest BCUT2D eigenvalue weighted by Gasteiger charge is -2.36. The Kier molecular flexibility index (Phi) is 5.95. The fourth-order valence-electron chi connectivity index (χ4n) is 2.59. The van der Waals surface area contributed by atoms with Gasteiger partial charge in [0, 0.05) is 51.5 Å². The van der Waals surface area contributed by atoms with Crippen molar-refractivity contribution >= 4 is 0 Å². The van der Waals surface area contributed by atoms with E-state index in [1.165, 1.54) is 24.3 Å². The van der Waals surface area contributed by atoms with E-state index in [4.69, 9.17) is 0 Å². The highest BCUT2D eigenvalue weighted by molar-refractivity contribution is 5.14. The second-order valence-electron chi connectivity index (χ2n) is 5.84. The van der Waals surface area contributed by atoms with Crippen molar-refractivity contribution in [2.75, 3.05) is 32.7 Å². The topological polar surface area (TPSA) is 31.4 Å². The monoisotopic (exact) mass is 276 g/mol. The lowest BCUT2D eigenvalue weighted by Crippen LogP contribution is -2.48. The first-order valence-corrected chi connectivity index (χ1v) is 7.80. The molecule has 2 heterocycles. The summed E-state index contributed by atoms with van der Waals surface area (Å²) < 4.78 is 0. The van der Waals surface area contributed by atoms with E-state index in [1.54, 1.807) is 0 Å². The minimum absolute atomic E-state index is 0.667. The second kappa shape index (κ2) is 7.72. The highest BCUT2D eigenvalue weighted by Crippen LogP contribution is 2.09. The molecule has 0 bridgehead atoms. The van der Waals surface area contributed by atoms with Crippen molar-refractivity contribution in [2.45, 2.75) is 39.9 Å². The molecule has 0 atom stereocenters. The second-order valence-corrected chi connectivity index (χ2v) is 5.84. The van der Waals surface area contributed by atoms with Gasteiger partial charge in [0.2, 0.25) is 0 Å². The summed E-state index contributed by atoms with van der Waals surface area (Å²) in [5, 5.41) is 3.32. The first-order chi connectivity index (χ1) is 9.69. The van der Waals surface area contributed by atoms with Gasteiger partial charge in [-0.25, -0.2) is 0 Å². The molecule has 1 aliphatic rings.